The average molecular weight is 579 g/mol. The van der Waals surface area contributed by atoms with Crippen LogP contribution in [0.1, 0.15) is 36.1 Å². The second-order valence-electron chi connectivity index (χ2n) is 8.01. The zero-order valence-electron chi connectivity index (χ0n) is 20.3. The number of amides is 1. The highest BCUT2D eigenvalue weighted by molar-refractivity contribution is 7.94. The molecule has 0 radical (unpaired) electrons. The van der Waals surface area contributed by atoms with Crippen molar-refractivity contribution < 1.29 is 42.5 Å². The number of carbonyl (C=O) groups is 1. The zero-order chi connectivity index (χ0) is 27.2. The van der Waals surface area contributed by atoms with Crippen molar-refractivity contribution in [2.75, 3.05) is 33.4 Å². The van der Waals surface area contributed by atoms with Crippen LogP contribution in [0.5, 0.6) is 0 Å². The van der Waals surface area contributed by atoms with E-state index in [-0.39, 0.29) is 46.7 Å². The molecule has 37 heavy (non-hydrogen) atoms. The SMILES string of the molecule is CCN(C(=O)OCc1ccc(CON(O)O)cc1)[C@H]1CN(CCCOC)S(=O)(=O)c2sc([S+](N)[O-])cc21. The molecule has 0 fully saturated rings. The molecule has 13 nitrogen and oxygen atoms in total. The van der Waals surface area contributed by atoms with Crippen LogP contribution in [0.25, 0.3) is 0 Å². The second kappa shape index (κ2) is 13.3. The van der Waals surface area contributed by atoms with Crippen LogP contribution in [-0.2, 0) is 48.9 Å². The number of nitrogens with zero attached hydrogens (tertiary/aromatic N) is 3. The molecule has 0 saturated heterocycles. The Balaban J connectivity index is 1.78. The van der Waals surface area contributed by atoms with Crippen LogP contribution < -0.4 is 5.14 Å². The highest BCUT2D eigenvalue weighted by Gasteiger charge is 2.43. The normalized spacial score (nSPS) is 18.0. The van der Waals surface area contributed by atoms with E-state index in [0.717, 1.165) is 11.3 Å². The Kier molecular flexibility index (Phi) is 10.7. The second-order valence-corrected chi connectivity index (χ2v) is 12.5. The number of carbonyl (C=O) groups excluding carboxylic acids is 1. The van der Waals surface area contributed by atoms with Gasteiger partial charge in [-0.05, 0) is 24.5 Å². The van der Waals surface area contributed by atoms with Crippen molar-refractivity contribution >= 4 is 38.8 Å². The van der Waals surface area contributed by atoms with Crippen molar-refractivity contribution in [3.8, 4) is 0 Å². The van der Waals surface area contributed by atoms with Gasteiger partial charge in [0, 0.05) is 45.0 Å². The van der Waals surface area contributed by atoms with Crippen LogP contribution >= 0.6 is 11.3 Å². The molecule has 1 amide bonds. The molecule has 206 valence electrons. The molecule has 16 heteroatoms. The van der Waals surface area contributed by atoms with E-state index >= 15 is 0 Å². The van der Waals surface area contributed by atoms with E-state index in [2.05, 4.69) is 4.84 Å². The highest BCUT2D eigenvalue weighted by Crippen LogP contribution is 2.42. The van der Waals surface area contributed by atoms with Gasteiger partial charge in [-0.25, -0.2) is 18.0 Å². The Morgan fingerprint density at radius 3 is 2.49 bits per heavy atom. The van der Waals surface area contributed by atoms with Gasteiger partial charge < -0.3 is 18.9 Å². The number of methoxy groups -OCH3 is 1. The number of thiophene rings is 1. The Morgan fingerprint density at radius 1 is 1.27 bits per heavy atom. The summed E-state index contributed by atoms with van der Waals surface area (Å²) in [6.07, 6.45) is -0.176. The molecule has 2 atom stereocenters. The fraction of sp³-hybridized carbons (Fsp3) is 0.476. The molecule has 0 saturated carbocycles. The van der Waals surface area contributed by atoms with Crippen molar-refractivity contribution in [2.24, 2.45) is 5.14 Å². The predicted molar refractivity (Wildman–Crippen MR) is 132 cm³/mol. The van der Waals surface area contributed by atoms with E-state index in [4.69, 9.17) is 25.0 Å². The third-order valence-corrected chi connectivity index (χ3v) is 10.2. The lowest BCUT2D eigenvalue weighted by Gasteiger charge is -2.37. The minimum atomic E-state index is -3.86. The van der Waals surface area contributed by atoms with Gasteiger partial charge >= 0.3 is 6.09 Å². The first-order valence-corrected chi connectivity index (χ1v) is 14.7. The summed E-state index contributed by atoms with van der Waals surface area (Å²) < 4.78 is 50.6. The predicted octanol–water partition coefficient (Wildman–Crippen LogP) is 1.98. The van der Waals surface area contributed by atoms with E-state index in [1.165, 1.54) is 22.4 Å². The summed E-state index contributed by atoms with van der Waals surface area (Å²) in [4.78, 5) is 19.1. The Bertz CT molecular complexity index is 1140. The first kappa shape index (κ1) is 29.7. The van der Waals surface area contributed by atoms with E-state index in [1.807, 2.05) is 0 Å². The van der Waals surface area contributed by atoms with Gasteiger partial charge in [-0.2, -0.15) is 4.31 Å². The lowest BCUT2D eigenvalue weighted by atomic mass is 10.1. The van der Waals surface area contributed by atoms with Gasteiger partial charge in [0.05, 0.1) is 29.4 Å². The summed E-state index contributed by atoms with van der Waals surface area (Å²) in [7, 11) is -2.33. The maximum absolute atomic E-state index is 13.3. The standard InChI is InChI=1S/C21H30N4O9S3/c1-3-24(21(26)33-13-15-5-7-16(8-6-15)14-34-25(27)28)18-12-23(9-4-10-32-2)37(30,31)20-17(18)11-19(35-20)36(22)29/h5-8,11,18,27-28H,3-4,9-10,12-14,22H2,1-2H3/t18-,36?/m0/s1. The van der Waals surface area contributed by atoms with Crippen molar-refractivity contribution in [3.63, 3.8) is 0 Å². The monoisotopic (exact) mass is 578 g/mol. The number of likely N-dealkylation sites (N-methyl/N-ethyl adjacent to an activating group) is 1. The number of rotatable bonds is 12. The van der Waals surface area contributed by atoms with Gasteiger partial charge in [0.15, 0.2) is 0 Å². The van der Waals surface area contributed by atoms with E-state index in [1.54, 1.807) is 31.2 Å². The smallest absolute Gasteiger partial charge is 0.410 e. The number of sulfonamides is 1. The number of ether oxygens (including phenoxy) is 2. The molecule has 1 unspecified atom stereocenters. The van der Waals surface area contributed by atoms with Crippen molar-refractivity contribution in [3.05, 3.63) is 47.0 Å². The zero-order valence-corrected chi connectivity index (χ0v) is 22.8. The maximum Gasteiger partial charge on any atom is 0.410 e. The molecule has 2 aromatic rings. The van der Waals surface area contributed by atoms with Gasteiger partial charge in [-0.3, -0.25) is 10.4 Å². The minimum absolute atomic E-state index is 0.0107. The lowest BCUT2D eigenvalue weighted by molar-refractivity contribution is -0.497. The topological polar surface area (TPSA) is 178 Å². The lowest BCUT2D eigenvalue weighted by Crippen LogP contribution is -2.47. The fourth-order valence-corrected chi connectivity index (χ4v) is 7.94. The van der Waals surface area contributed by atoms with Crippen LogP contribution in [0, 0.1) is 0 Å². The Hall–Kier alpha value is -1.83. The van der Waals surface area contributed by atoms with Crippen molar-refractivity contribution in [1.82, 2.24) is 14.6 Å². The Labute approximate surface area is 222 Å². The number of benzene rings is 1. The van der Waals surface area contributed by atoms with Gasteiger partial charge in [-0.1, -0.05) is 35.6 Å². The minimum Gasteiger partial charge on any atom is -0.592 e. The molecular weight excluding hydrogens is 548 g/mol. The number of hydrogen-bond acceptors (Lipinski definition) is 12. The molecule has 0 spiro atoms. The number of hydrogen-bond donors (Lipinski definition) is 3. The van der Waals surface area contributed by atoms with E-state index in [0.29, 0.717) is 29.7 Å². The molecule has 4 N–H and O–H groups in total. The summed E-state index contributed by atoms with van der Waals surface area (Å²) in [5.74, 6) is 0. The number of nitrogens with two attached hydrogens (primary N) is 1. The molecule has 0 bridgehead atoms. The Morgan fingerprint density at radius 2 is 1.92 bits per heavy atom. The quantitative estimate of drug-likeness (QED) is 0.190. The van der Waals surface area contributed by atoms with E-state index in [9.17, 15) is 17.8 Å². The molecule has 1 aliphatic rings. The molecule has 2 heterocycles. The van der Waals surface area contributed by atoms with Crippen LogP contribution in [-0.4, -0.2) is 77.4 Å². The fourth-order valence-electron chi connectivity index (χ4n) is 3.84. The van der Waals surface area contributed by atoms with E-state index < -0.39 is 33.5 Å². The third-order valence-electron chi connectivity index (χ3n) is 5.65. The maximum atomic E-state index is 13.3. The summed E-state index contributed by atoms with van der Waals surface area (Å²) in [6, 6.07) is 7.59. The molecule has 1 aromatic heterocycles. The molecule has 0 aliphatic carbocycles. The van der Waals surface area contributed by atoms with Gasteiger partial charge in [-0.15, -0.1) is 5.14 Å². The number of fused-ring (bicyclic) bond motifs is 1. The van der Waals surface area contributed by atoms with Gasteiger partial charge in [0.1, 0.15) is 10.8 Å². The van der Waals surface area contributed by atoms with Crippen molar-refractivity contribution in [2.45, 2.75) is 41.0 Å². The molecule has 1 aliphatic heterocycles. The van der Waals surface area contributed by atoms with Crippen LogP contribution in [0.3, 0.4) is 0 Å². The molecule has 3 rings (SSSR count). The summed E-state index contributed by atoms with van der Waals surface area (Å²) in [5, 5.41) is 22.4. The van der Waals surface area contributed by atoms with Crippen LogP contribution in [0.4, 0.5) is 4.79 Å². The van der Waals surface area contributed by atoms with Gasteiger partial charge in [0.25, 0.3) is 10.0 Å². The molecule has 1 aromatic carbocycles. The van der Waals surface area contributed by atoms with Crippen LogP contribution in [0.2, 0.25) is 0 Å². The third kappa shape index (κ3) is 7.39. The first-order valence-electron chi connectivity index (χ1n) is 11.2. The van der Waals surface area contributed by atoms with Gasteiger partial charge in [0.2, 0.25) is 4.21 Å². The van der Waals surface area contributed by atoms with Crippen molar-refractivity contribution in [1.29, 1.82) is 0 Å². The average Bonchev–Trinajstić information content (AvgIpc) is 3.32. The summed E-state index contributed by atoms with van der Waals surface area (Å²) in [5.41, 5.74) is 1.71. The first-order chi connectivity index (χ1) is 17.6. The summed E-state index contributed by atoms with van der Waals surface area (Å²) in [6.45, 7) is 2.46. The van der Waals surface area contributed by atoms with Crippen LogP contribution in [0.15, 0.2) is 38.8 Å². The molecular formula is C21H30N4O9S3. The highest BCUT2D eigenvalue weighted by atomic mass is 32.3. The largest absolute Gasteiger partial charge is 0.592 e. The summed E-state index contributed by atoms with van der Waals surface area (Å²) >= 11 is -1.03.